The van der Waals surface area contributed by atoms with Crippen molar-refractivity contribution in [2.45, 2.75) is 18.4 Å². The lowest BCUT2D eigenvalue weighted by Crippen LogP contribution is -2.27. The summed E-state index contributed by atoms with van der Waals surface area (Å²) in [5.41, 5.74) is 1.51. The maximum atomic E-state index is 13.0. The first kappa shape index (κ1) is 24.6. The van der Waals surface area contributed by atoms with Crippen molar-refractivity contribution in [3.05, 3.63) is 82.9 Å². The topological polar surface area (TPSA) is 84.9 Å². The van der Waals surface area contributed by atoms with E-state index in [0.29, 0.717) is 39.9 Å². The van der Waals surface area contributed by atoms with Crippen molar-refractivity contribution in [3.8, 4) is 11.5 Å². The molecule has 0 aromatic heterocycles. The van der Waals surface area contributed by atoms with E-state index in [0.717, 1.165) is 0 Å². The van der Waals surface area contributed by atoms with E-state index in [4.69, 9.17) is 21.1 Å². The SMILES string of the molecule is CCOc1ccc(C(=O)Nc2cccc(OC)c2)cc1CN(C)S(=O)(=O)c1ccc(Cl)cc1. The summed E-state index contributed by atoms with van der Waals surface area (Å²) < 4.78 is 38.0. The number of hydrogen-bond acceptors (Lipinski definition) is 5. The molecule has 0 heterocycles. The van der Waals surface area contributed by atoms with Crippen LogP contribution in [0.4, 0.5) is 5.69 Å². The Morgan fingerprint density at radius 2 is 1.79 bits per heavy atom. The molecule has 0 saturated carbocycles. The minimum atomic E-state index is -3.77. The summed E-state index contributed by atoms with van der Waals surface area (Å²) in [6.07, 6.45) is 0. The van der Waals surface area contributed by atoms with Gasteiger partial charge in [0.15, 0.2) is 0 Å². The van der Waals surface area contributed by atoms with Crippen LogP contribution in [0.15, 0.2) is 71.6 Å². The van der Waals surface area contributed by atoms with Gasteiger partial charge in [-0.1, -0.05) is 17.7 Å². The van der Waals surface area contributed by atoms with Crippen molar-refractivity contribution in [3.63, 3.8) is 0 Å². The Bertz CT molecular complexity index is 1230. The standard InChI is InChI=1S/C24H25ClN2O5S/c1-4-32-23-13-8-17(24(28)26-20-6-5-7-21(15-20)31-3)14-18(23)16-27(2)33(29,30)22-11-9-19(25)10-12-22/h5-15H,4,16H2,1-3H3,(H,26,28). The van der Waals surface area contributed by atoms with Gasteiger partial charge in [-0.3, -0.25) is 4.79 Å². The third-order valence-electron chi connectivity index (χ3n) is 4.86. The Balaban J connectivity index is 1.86. The van der Waals surface area contributed by atoms with Gasteiger partial charge in [0.2, 0.25) is 10.0 Å². The van der Waals surface area contributed by atoms with Crippen molar-refractivity contribution in [1.82, 2.24) is 4.31 Å². The van der Waals surface area contributed by atoms with Crippen molar-refractivity contribution < 1.29 is 22.7 Å². The van der Waals surface area contributed by atoms with Gasteiger partial charge in [-0.05, 0) is 61.5 Å². The van der Waals surface area contributed by atoms with E-state index in [1.807, 2.05) is 6.92 Å². The van der Waals surface area contributed by atoms with Crippen molar-refractivity contribution in [2.24, 2.45) is 0 Å². The Morgan fingerprint density at radius 3 is 2.45 bits per heavy atom. The highest BCUT2D eigenvalue weighted by molar-refractivity contribution is 7.89. The highest BCUT2D eigenvalue weighted by Crippen LogP contribution is 2.26. The first-order valence-electron chi connectivity index (χ1n) is 10.2. The van der Waals surface area contributed by atoms with Crippen LogP contribution in [0.5, 0.6) is 11.5 Å². The fourth-order valence-corrected chi connectivity index (χ4v) is 4.43. The number of ether oxygens (including phenoxy) is 2. The summed E-state index contributed by atoms with van der Waals surface area (Å²) in [6, 6.07) is 17.9. The van der Waals surface area contributed by atoms with Gasteiger partial charge in [-0.25, -0.2) is 8.42 Å². The number of carbonyl (C=O) groups is 1. The van der Waals surface area contributed by atoms with Crippen LogP contribution < -0.4 is 14.8 Å². The Labute approximate surface area is 198 Å². The third kappa shape index (κ3) is 6.04. The Morgan fingerprint density at radius 1 is 1.06 bits per heavy atom. The van der Waals surface area contributed by atoms with Crippen LogP contribution in [-0.4, -0.2) is 39.4 Å². The number of nitrogens with zero attached hydrogens (tertiary/aromatic N) is 1. The van der Waals surface area contributed by atoms with E-state index in [9.17, 15) is 13.2 Å². The van der Waals surface area contributed by atoms with E-state index in [-0.39, 0.29) is 17.3 Å². The van der Waals surface area contributed by atoms with Crippen LogP contribution in [0.1, 0.15) is 22.8 Å². The number of amides is 1. The number of carbonyl (C=O) groups excluding carboxylic acids is 1. The molecule has 7 nitrogen and oxygen atoms in total. The fourth-order valence-electron chi connectivity index (χ4n) is 3.16. The number of nitrogens with one attached hydrogen (secondary N) is 1. The number of hydrogen-bond donors (Lipinski definition) is 1. The molecule has 0 spiro atoms. The number of benzene rings is 3. The lowest BCUT2D eigenvalue weighted by atomic mass is 10.1. The summed E-state index contributed by atoms with van der Waals surface area (Å²) in [4.78, 5) is 13.0. The smallest absolute Gasteiger partial charge is 0.255 e. The van der Waals surface area contributed by atoms with Crippen LogP contribution in [0.3, 0.4) is 0 Å². The summed E-state index contributed by atoms with van der Waals surface area (Å²) in [5, 5.41) is 3.27. The molecular weight excluding hydrogens is 464 g/mol. The van der Waals surface area contributed by atoms with Crippen LogP contribution in [0.25, 0.3) is 0 Å². The molecule has 1 N–H and O–H groups in total. The van der Waals surface area contributed by atoms with Gasteiger partial charge >= 0.3 is 0 Å². The van der Waals surface area contributed by atoms with Crippen molar-refractivity contribution in [2.75, 3.05) is 26.1 Å². The van der Waals surface area contributed by atoms with Crippen molar-refractivity contribution >= 4 is 33.2 Å². The minimum absolute atomic E-state index is 0.0145. The number of anilines is 1. The molecule has 0 saturated heterocycles. The molecule has 0 unspecified atom stereocenters. The molecular formula is C24H25ClN2O5S. The first-order chi connectivity index (χ1) is 15.7. The van der Waals surface area contributed by atoms with Gasteiger partial charge in [0, 0.05) is 41.5 Å². The van der Waals surface area contributed by atoms with Gasteiger partial charge in [0.1, 0.15) is 11.5 Å². The molecule has 3 aromatic carbocycles. The molecule has 174 valence electrons. The lowest BCUT2D eigenvalue weighted by Gasteiger charge is -2.20. The zero-order valence-electron chi connectivity index (χ0n) is 18.5. The quantitative estimate of drug-likeness (QED) is 0.466. The molecule has 0 fully saturated rings. The molecule has 0 bridgehead atoms. The van der Waals surface area contributed by atoms with Gasteiger partial charge in [-0.15, -0.1) is 0 Å². The summed E-state index contributed by atoms with van der Waals surface area (Å²) in [5.74, 6) is 0.790. The predicted molar refractivity (Wildman–Crippen MR) is 129 cm³/mol. The minimum Gasteiger partial charge on any atom is -0.497 e. The Kier molecular flexibility index (Phi) is 7.97. The zero-order chi connectivity index (χ0) is 24.0. The second-order valence-electron chi connectivity index (χ2n) is 7.16. The number of sulfonamides is 1. The number of rotatable bonds is 9. The third-order valence-corrected chi connectivity index (χ3v) is 6.93. The first-order valence-corrected chi connectivity index (χ1v) is 12.0. The van der Waals surface area contributed by atoms with Gasteiger partial charge in [0.25, 0.3) is 5.91 Å². The number of halogens is 1. The second kappa shape index (κ2) is 10.7. The molecule has 3 rings (SSSR count). The van der Waals surface area contributed by atoms with E-state index >= 15 is 0 Å². The lowest BCUT2D eigenvalue weighted by molar-refractivity contribution is 0.102. The molecule has 0 atom stereocenters. The summed E-state index contributed by atoms with van der Waals surface area (Å²) in [7, 11) is -0.746. The molecule has 3 aromatic rings. The monoisotopic (exact) mass is 488 g/mol. The molecule has 1 amide bonds. The maximum Gasteiger partial charge on any atom is 0.255 e. The predicted octanol–water partition coefficient (Wildman–Crippen LogP) is 4.82. The Hall–Kier alpha value is -3.07. The van der Waals surface area contributed by atoms with E-state index in [1.54, 1.807) is 49.6 Å². The second-order valence-corrected chi connectivity index (χ2v) is 9.64. The van der Waals surface area contributed by atoms with Gasteiger partial charge < -0.3 is 14.8 Å². The summed E-state index contributed by atoms with van der Waals surface area (Å²) in [6.45, 7) is 2.25. The van der Waals surface area contributed by atoms with Crippen LogP contribution in [-0.2, 0) is 16.6 Å². The highest BCUT2D eigenvalue weighted by Gasteiger charge is 2.23. The molecule has 33 heavy (non-hydrogen) atoms. The van der Waals surface area contributed by atoms with Crippen LogP contribution in [0.2, 0.25) is 5.02 Å². The zero-order valence-corrected chi connectivity index (χ0v) is 20.1. The molecule has 0 aliphatic heterocycles. The molecule has 0 aliphatic rings. The molecule has 0 aliphatic carbocycles. The normalized spacial score (nSPS) is 11.3. The van der Waals surface area contributed by atoms with Gasteiger partial charge in [0.05, 0.1) is 18.6 Å². The highest BCUT2D eigenvalue weighted by atomic mass is 35.5. The summed E-state index contributed by atoms with van der Waals surface area (Å²) >= 11 is 5.88. The largest absolute Gasteiger partial charge is 0.497 e. The fraction of sp³-hybridized carbons (Fsp3) is 0.208. The maximum absolute atomic E-state index is 13.0. The van der Waals surface area contributed by atoms with E-state index < -0.39 is 10.0 Å². The van der Waals surface area contributed by atoms with Crippen molar-refractivity contribution in [1.29, 1.82) is 0 Å². The van der Waals surface area contributed by atoms with E-state index in [1.165, 1.54) is 35.6 Å². The molecule has 9 heteroatoms. The molecule has 0 radical (unpaired) electrons. The van der Waals surface area contributed by atoms with E-state index in [2.05, 4.69) is 5.32 Å². The van der Waals surface area contributed by atoms with Crippen LogP contribution in [0, 0.1) is 0 Å². The number of methoxy groups -OCH3 is 1. The van der Waals surface area contributed by atoms with Gasteiger partial charge in [-0.2, -0.15) is 4.31 Å². The average Bonchev–Trinajstić information content (AvgIpc) is 2.80. The average molecular weight is 489 g/mol. The van der Waals surface area contributed by atoms with Crippen LogP contribution >= 0.6 is 11.6 Å².